The molecule has 0 saturated carbocycles. The molecule has 0 spiro atoms. The van der Waals surface area contributed by atoms with Crippen LogP contribution in [0.15, 0.2) is 18.2 Å². The summed E-state index contributed by atoms with van der Waals surface area (Å²) in [7, 11) is 0. The average Bonchev–Trinajstić information content (AvgIpc) is 2.65. The van der Waals surface area contributed by atoms with Crippen molar-refractivity contribution in [3.63, 3.8) is 0 Å². The molecule has 0 heterocycles. The van der Waals surface area contributed by atoms with Gasteiger partial charge in [-0.1, -0.05) is 12.1 Å². The Balaban J connectivity index is 2.39. The zero-order chi connectivity index (χ0) is 9.97. The molecule has 72 valence electrons. The molecule has 1 aromatic carbocycles. The van der Waals surface area contributed by atoms with E-state index in [1.165, 1.54) is 5.56 Å². The Morgan fingerprint density at radius 3 is 3.00 bits per heavy atom. The third-order valence-corrected chi connectivity index (χ3v) is 2.52. The second-order valence-corrected chi connectivity index (χ2v) is 3.30. The number of carbonyl (C=O) groups is 2. The van der Waals surface area contributed by atoms with Crippen LogP contribution >= 0.6 is 0 Å². The van der Waals surface area contributed by atoms with E-state index in [9.17, 15) is 9.59 Å². The zero-order valence-electron chi connectivity index (χ0n) is 7.66. The molecule has 0 bridgehead atoms. The molecule has 0 aliphatic heterocycles. The van der Waals surface area contributed by atoms with Crippen LogP contribution in [0.25, 0.3) is 0 Å². The molecule has 3 heteroatoms. The van der Waals surface area contributed by atoms with Crippen LogP contribution in [0.2, 0.25) is 0 Å². The second-order valence-electron chi connectivity index (χ2n) is 3.30. The summed E-state index contributed by atoms with van der Waals surface area (Å²) in [5, 5.41) is 0. The van der Waals surface area contributed by atoms with E-state index in [4.69, 9.17) is 0 Å². The topological polar surface area (TPSA) is 43.4 Å². The maximum Gasteiger partial charge on any atom is 0.345 e. The first-order valence-corrected chi connectivity index (χ1v) is 4.58. The lowest BCUT2D eigenvalue weighted by molar-refractivity contribution is -0.123. The predicted molar refractivity (Wildman–Crippen MR) is 49.9 cm³/mol. The summed E-state index contributed by atoms with van der Waals surface area (Å²) >= 11 is 0. The fourth-order valence-electron chi connectivity index (χ4n) is 1.92. The highest BCUT2D eigenvalue weighted by molar-refractivity contribution is 5.94. The van der Waals surface area contributed by atoms with Gasteiger partial charge < -0.3 is 4.74 Å². The molecule has 2 rings (SSSR count). The summed E-state index contributed by atoms with van der Waals surface area (Å²) < 4.78 is 4.33. The number of carbonyl (C=O) groups excluding carboxylic acids is 2. The van der Waals surface area contributed by atoms with Crippen molar-refractivity contribution in [2.24, 2.45) is 0 Å². The molecule has 0 saturated heterocycles. The molecule has 1 aliphatic carbocycles. The van der Waals surface area contributed by atoms with E-state index in [-0.39, 0.29) is 6.47 Å². The van der Waals surface area contributed by atoms with Crippen LogP contribution in [0.3, 0.4) is 0 Å². The van der Waals surface area contributed by atoms with Gasteiger partial charge in [0.25, 0.3) is 0 Å². The number of hydrogen-bond acceptors (Lipinski definition) is 3. The number of rotatable bonds is 2. The van der Waals surface area contributed by atoms with Crippen LogP contribution in [0.1, 0.15) is 27.9 Å². The molecule has 3 nitrogen and oxygen atoms in total. The fourth-order valence-corrected chi connectivity index (χ4v) is 1.92. The third kappa shape index (κ3) is 1.41. The zero-order valence-corrected chi connectivity index (χ0v) is 7.66. The quantitative estimate of drug-likeness (QED) is 0.403. The Morgan fingerprint density at radius 2 is 2.21 bits per heavy atom. The van der Waals surface area contributed by atoms with E-state index in [0.29, 0.717) is 5.56 Å². The number of hydrogen-bond donors (Lipinski definition) is 0. The van der Waals surface area contributed by atoms with Crippen molar-refractivity contribution in [1.82, 2.24) is 0 Å². The second kappa shape index (κ2) is 3.62. The largest absolute Gasteiger partial charge is 0.392 e. The van der Waals surface area contributed by atoms with Gasteiger partial charge in [-0.15, -0.1) is 0 Å². The SMILES string of the molecule is O=COC(=O)c1cccc2c1CCC2. The minimum absolute atomic E-state index is 0.177. The highest BCUT2D eigenvalue weighted by Crippen LogP contribution is 2.25. The van der Waals surface area contributed by atoms with E-state index >= 15 is 0 Å². The van der Waals surface area contributed by atoms with Gasteiger partial charge in [-0.2, -0.15) is 0 Å². The number of benzene rings is 1. The van der Waals surface area contributed by atoms with Gasteiger partial charge in [0, 0.05) is 0 Å². The first-order valence-electron chi connectivity index (χ1n) is 4.58. The lowest BCUT2D eigenvalue weighted by atomic mass is 10.0. The lowest BCUT2D eigenvalue weighted by Crippen LogP contribution is -2.06. The van der Waals surface area contributed by atoms with Crippen molar-refractivity contribution in [2.75, 3.05) is 0 Å². The van der Waals surface area contributed by atoms with Crippen molar-refractivity contribution >= 4 is 12.4 Å². The molecule has 0 amide bonds. The van der Waals surface area contributed by atoms with Crippen LogP contribution in [0.4, 0.5) is 0 Å². The van der Waals surface area contributed by atoms with E-state index in [1.807, 2.05) is 12.1 Å². The Morgan fingerprint density at radius 1 is 1.36 bits per heavy atom. The highest BCUT2D eigenvalue weighted by atomic mass is 16.6. The normalized spacial score (nSPS) is 13.4. The smallest absolute Gasteiger partial charge is 0.345 e. The average molecular weight is 190 g/mol. The van der Waals surface area contributed by atoms with Gasteiger partial charge in [0.15, 0.2) is 0 Å². The van der Waals surface area contributed by atoms with Crippen molar-refractivity contribution in [3.8, 4) is 0 Å². The summed E-state index contributed by atoms with van der Waals surface area (Å²) in [6, 6.07) is 5.54. The predicted octanol–water partition coefficient (Wildman–Crippen LogP) is 1.49. The first-order chi connectivity index (χ1) is 6.83. The number of ether oxygens (including phenoxy) is 1. The Bertz CT molecular complexity index is 382. The summed E-state index contributed by atoms with van der Waals surface area (Å²) in [6.45, 7) is 0.177. The van der Waals surface area contributed by atoms with Crippen LogP contribution in [0, 0.1) is 0 Å². The third-order valence-electron chi connectivity index (χ3n) is 2.52. The van der Waals surface area contributed by atoms with E-state index in [0.717, 1.165) is 24.8 Å². The van der Waals surface area contributed by atoms with Gasteiger partial charge in [-0.3, -0.25) is 4.79 Å². The summed E-state index contributed by atoms with van der Waals surface area (Å²) in [6.07, 6.45) is 2.98. The van der Waals surface area contributed by atoms with Crippen LogP contribution in [-0.4, -0.2) is 12.4 Å². The monoisotopic (exact) mass is 190 g/mol. The van der Waals surface area contributed by atoms with Gasteiger partial charge in [0.2, 0.25) is 0 Å². The van der Waals surface area contributed by atoms with Crippen LogP contribution < -0.4 is 0 Å². The Hall–Kier alpha value is -1.64. The minimum atomic E-state index is -0.543. The minimum Gasteiger partial charge on any atom is -0.392 e. The Kier molecular flexibility index (Phi) is 2.31. The molecule has 0 fully saturated rings. The lowest BCUT2D eigenvalue weighted by Gasteiger charge is -2.04. The Labute approximate surface area is 81.7 Å². The summed E-state index contributed by atoms with van der Waals surface area (Å²) in [5.41, 5.74) is 2.77. The maximum absolute atomic E-state index is 11.4. The standard InChI is InChI=1S/C11H10O3/c12-7-14-11(13)10-6-2-4-8-3-1-5-9(8)10/h2,4,6-7H,1,3,5H2. The van der Waals surface area contributed by atoms with Crippen LogP contribution in [-0.2, 0) is 22.4 Å². The van der Waals surface area contributed by atoms with Crippen molar-refractivity contribution in [3.05, 3.63) is 34.9 Å². The van der Waals surface area contributed by atoms with Crippen molar-refractivity contribution in [1.29, 1.82) is 0 Å². The molecule has 0 unspecified atom stereocenters. The van der Waals surface area contributed by atoms with E-state index < -0.39 is 5.97 Å². The fraction of sp³-hybridized carbons (Fsp3) is 0.273. The highest BCUT2D eigenvalue weighted by Gasteiger charge is 2.19. The van der Waals surface area contributed by atoms with Crippen molar-refractivity contribution in [2.45, 2.75) is 19.3 Å². The van der Waals surface area contributed by atoms with Gasteiger partial charge in [0.1, 0.15) is 0 Å². The molecule has 0 radical (unpaired) electrons. The number of fused-ring (bicyclic) bond motifs is 1. The van der Waals surface area contributed by atoms with Gasteiger partial charge in [0.05, 0.1) is 5.56 Å². The van der Waals surface area contributed by atoms with E-state index in [2.05, 4.69) is 4.74 Å². The molecular weight excluding hydrogens is 180 g/mol. The molecule has 0 atom stereocenters. The van der Waals surface area contributed by atoms with Gasteiger partial charge in [-0.25, -0.2) is 4.79 Å². The molecule has 0 aromatic heterocycles. The van der Waals surface area contributed by atoms with Gasteiger partial charge in [-0.05, 0) is 36.5 Å². The van der Waals surface area contributed by atoms with Gasteiger partial charge >= 0.3 is 12.4 Å². The first kappa shape index (κ1) is 8.94. The molecular formula is C11H10O3. The number of aryl methyl sites for hydroxylation is 1. The van der Waals surface area contributed by atoms with E-state index in [1.54, 1.807) is 6.07 Å². The molecule has 14 heavy (non-hydrogen) atoms. The number of esters is 1. The molecule has 0 N–H and O–H groups in total. The maximum atomic E-state index is 11.4. The van der Waals surface area contributed by atoms with Crippen LogP contribution in [0.5, 0.6) is 0 Å². The van der Waals surface area contributed by atoms with Crippen molar-refractivity contribution < 1.29 is 14.3 Å². The molecule has 1 aromatic rings. The summed E-state index contributed by atoms with van der Waals surface area (Å²) in [5.74, 6) is -0.543. The summed E-state index contributed by atoms with van der Waals surface area (Å²) in [4.78, 5) is 21.4. The molecule has 1 aliphatic rings.